The molecule has 0 N–H and O–H groups in total. The fourth-order valence-electron chi connectivity index (χ4n) is 1.46. The molecule has 0 aliphatic rings. The number of benzene rings is 1. The predicted molar refractivity (Wildman–Crippen MR) is 72.8 cm³/mol. The van der Waals surface area contributed by atoms with Crippen LogP contribution < -0.4 is 0 Å². The van der Waals surface area contributed by atoms with Gasteiger partial charge in [0.15, 0.2) is 5.78 Å². The van der Waals surface area contributed by atoms with Crippen molar-refractivity contribution < 1.29 is 19.2 Å². The molecule has 0 fully saturated rings. The summed E-state index contributed by atoms with van der Waals surface area (Å²) in [6.45, 7) is 3.14. The number of hydrogen-bond acceptors (Lipinski definition) is 5. The molecule has 0 spiro atoms. The van der Waals surface area contributed by atoms with E-state index in [-0.39, 0.29) is 22.8 Å². The molecule has 0 amide bonds. The molecule has 7 heteroatoms. The number of ketones is 2. The van der Waals surface area contributed by atoms with Gasteiger partial charge in [0.1, 0.15) is 5.56 Å². The summed E-state index contributed by atoms with van der Waals surface area (Å²) in [6, 6.07) is 3.62. The largest absolute Gasteiger partial charge is 0.501 e. The minimum Gasteiger partial charge on any atom is -0.501 e. The molecule has 1 aromatic carbocycles. The van der Waals surface area contributed by atoms with Crippen molar-refractivity contribution in [1.29, 1.82) is 0 Å². The van der Waals surface area contributed by atoms with Gasteiger partial charge in [-0.25, -0.2) is 0 Å². The van der Waals surface area contributed by atoms with Crippen LogP contribution in [-0.4, -0.2) is 23.1 Å². The third kappa shape index (κ3) is 3.64. The van der Waals surface area contributed by atoms with Crippen molar-refractivity contribution in [2.24, 2.45) is 0 Å². The van der Waals surface area contributed by atoms with Crippen LogP contribution in [0.25, 0.3) is 0 Å². The van der Waals surface area contributed by atoms with Crippen molar-refractivity contribution in [2.45, 2.75) is 13.8 Å². The molecule has 0 aliphatic carbocycles. The van der Waals surface area contributed by atoms with Gasteiger partial charge in [-0.05, 0) is 26.0 Å². The van der Waals surface area contributed by atoms with Gasteiger partial charge in [-0.2, -0.15) is 0 Å². The Hall–Kier alpha value is -2.21. The van der Waals surface area contributed by atoms with Crippen LogP contribution in [0.1, 0.15) is 24.2 Å². The smallest absolute Gasteiger partial charge is 0.282 e. The third-order valence-corrected chi connectivity index (χ3v) is 2.63. The van der Waals surface area contributed by atoms with E-state index < -0.39 is 22.2 Å². The molecule has 106 valence electrons. The highest BCUT2D eigenvalue weighted by Gasteiger charge is 2.25. The lowest BCUT2D eigenvalue weighted by atomic mass is 10.0. The zero-order valence-corrected chi connectivity index (χ0v) is 11.6. The number of carbonyl (C=O) groups excluding carboxylic acids is 2. The maximum absolute atomic E-state index is 12.2. The number of nitrogens with zero attached hydrogens (tertiary/aromatic N) is 1. The summed E-state index contributed by atoms with van der Waals surface area (Å²) in [5.41, 5.74) is -0.913. The fourth-order valence-corrected chi connectivity index (χ4v) is 1.62. The highest BCUT2D eigenvalue weighted by Crippen LogP contribution is 2.25. The first-order valence-corrected chi connectivity index (χ1v) is 6.07. The molecule has 0 bridgehead atoms. The van der Waals surface area contributed by atoms with E-state index in [9.17, 15) is 19.7 Å². The van der Waals surface area contributed by atoms with Crippen LogP contribution in [0.5, 0.6) is 0 Å². The van der Waals surface area contributed by atoms with E-state index in [0.29, 0.717) is 0 Å². The van der Waals surface area contributed by atoms with E-state index in [4.69, 9.17) is 16.3 Å². The molecule has 0 aliphatic heterocycles. The summed E-state index contributed by atoms with van der Waals surface area (Å²) >= 11 is 5.67. The van der Waals surface area contributed by atoms with Crippen molar-refractivity contribution in [1.82, 2.24) is 0 Å². The molecule has 0 saturated carbocycles. The normalized spacial score (nSPS) is 11.1. The molecule has 0 aromatic heterocycles. The summed E-state index contributed by atoms with van der Waals surface area (Å²) in [4.78, 5) is 33.9. The average molecular weight is 298 g/mol. The molecule has 0 unspecified atom stereocenters. The standard InChI is InChI=1S/C13H12ClNO5/c1-3-20-7-11(8(2)16)13(17)10-5-4-9(14)6-12(10)15(18)19/h4-7H,3H2,1-2H3/b11-7-. The predicted octanol–water partition coefficient (Wildman–Crippen LogP) is 2.94. The van der Waals surface area contributed by atoms with Crippen molar-refractivity contribution in [3.63, 3.8) is 0 Å². The summed E-state index contributed by atoms with van der Waals surface area (Å²) < 4.78 is 4.92. The number of ether oxygens (including phenoxy) is 1. The number of hydrogen-bond donors (Lipinski definition) is 0. The van der Waals surface area contributed by atoms with Gasteiger partial charge in [0, 0.05) is 11.1 Å². The zero-order valence-electron chi connectivity index (χ0n) is 10.9. The Morgan fingerprint density at radius 1 is 1.45 bits per heavy atom. The Labute approximate surface area is 120 Å². The fraction of sp³-hybridized carbons (Fsp3) is 0.231. The first-order valence-electron chi connectivity index (χ1n) is 5.69. The van der Waals surface area contributed by atoms with Crippen LogP contribution in [0.15, 0.2) is 30.0 Å². The van der Waals surface area contributed by atoms with E-state index in [1.165, 1.54) is 19.1 Å². The Bertz CT molecular complexity index is 594. The van der Waals surface area contributed by atoms with Gasteiger partial charge in [0.25, 0.3) is 5.69 Å². The molecular weight excluding hydrogens is 286 g/mol. The second-order valence-electron chi connectivity index (χ2n) is 3.79. The molecular formula is C13H12ClNO5. The monoisotopic (exact) mass is 297 g/mol. The van der Waals surface area contributed by atoms with E-state index in [0.717, 1.165) is 12.3 Å². The van der Waals surface area contributed by atoms with Crippen LogP contribution in [0.3, 0.4) is 0 Å². The molecule has 20 heavy (non-hydrogen) atoms. The van der Waals surface area contributed by atoms with Crippen LogP contribution in [0.2, 0.25) is 5.02 Å². The van der Waals surface area contributed by atoms with Gasteiger partial charge < -0.3 is 4.74 Å². The highest BCUT2D eigenvalue weighted by molar-refractivity contribution is 6.31. The summed E-state index contributed by atoms with van der Waals surface area (Å²) in [5.74, 6) is -1.30. The number of Topliss-reactive ketones (excluding diaryl/α,β-unsaturated/α-hetero) is 2. The van der Waals surface area contributed by atoms with Crippen molar-refractivity contribution >= 4 is 28.9 Å². The van der Waals surface area contributed by atoms with Crippen LogP contribution >= 0.6 is 11.6 Å². The van der Waals surface area contributed by atoms with Crippen LogP contribution in [0.4, 0.5) is 5.69 Å². The first kappa shape index (κ1) is 15.8. The molecule has 1 aromatic rings. The Morgan fingerprint density at radius 3 is 2.60 bits per heavy atom. The number of carbonyl (C=O) groups is 2. The number of allylic oxidation sites excluding steroid dienone is 1. The topological polar surface area (TPSA) is 86.5 Å². The SMILES string of the molecule is CCO/C=C(/C(C)=O)C(=O)c1ccc(Cl)cc1[N+](=O)[O-]. The Morgan fingerprint density at radius 2 is 2.10 bits per heavy atom. The maximum atomic E-state index is 12.2. The van der Waals surface area contributed by atoms with E-state index >= 15 is 0 Å². The molecule has 0 radical (unpaired) electrons. The average Bonchev–Trinajstić information content (AvgIpc) is 2.38. The molecule has 1 rings (SSSR count). The number of halogens is 1. The summed E-state index contributed by atoms with van der Waals surface area (Å²) in [6.07, 6.45) is 1.02. The molecule has 6 nitrogen and oxygen atoms in total. The van der Waals surface area contributed by atoms with E-state index in [2.05, 4.69) is 0 Å². The van der Waals surface area contributed by atoms with Gasteiger partial charge in [-0.15, -0.1) is 0 Å². The van der Waals surface area contributed by atoms with E-state index in [1.54, 1.807) is 6.92 Å². The van der Waals surface area contributed by atoms with Gasteiger partial charge >= 0.3 is 0 Å². The van der Waals surface area contributed by atoms with E-state index in [1.807, 2.05) is 0 Å². The van der Waals surface area contributed by atoms with Crippen molar-refractivity contribution in [3.8, 4) is 0 Å². The maximum Gasteiger partial charge on any atom is 0.282 e. The van der Waals surface area contributed by atoms with Crippen molar-refractivity contribution in [2.75, 3.05) is 6.61 Å². The zero-order chi connectivity index (χ0) is 15.3. The summed E-state index contributed by atoms with van der Waals surface area (Å²) in [5, 5.41) is 11.1. The summed E-state index contributed by atoms with van der Waals surface area (Å²) in [7, 11) is 0. The van der Waals surface area contributed by atoms with Crippen LogP contribution in [-0.2, 0) is 9.53 Å². The number of nitro groups is 1. The lowest BCUT2D eigenvalue weighted by Gasteiger charge is -2.05. The second kappa shape index (κ2) is 6.81. The number of rotatable bonds is 6. The minimum atomic E-state index is -0.769. The van der Waals surface area contributed by atoms with Crippen LogP contribution in [0, 0.1) is 10.1 Å². The molecule has 0 saturated heterocycles. The van der Waals surface area contributed by atoms with Gasteiger partial charge in [0.05, 0.1) is 23.4 Å². The first-order chi connectivity index (χ1) is 9.38. The van der Waals surface area contributed by atoms with Gasteiger partial charge in [-0.3, -0.25) is 19.7 Å². The van der Waals surface area contributed by atoms with Gasteiger partial charge in [-0.1, -0.05) is 11.6 Å². The molecule has 0 heterocycles. The van der Waals surface area contributed by atoms with Gasteiger partial charge in [0.2, 0.25) is 5.78 Å². The minimum absolute atomic E-state index is 0.131. The third-order valence-electron chi connectivity index (χ3n) is 2.39. The Kier molecular flexibility index (Phi) is 5.40. The highest BCUT2D eigenvalue weighted by atomic mass is 35.5. The lowest BCUT2D eigenvalue weighted by molar-refractivity contribution is -0.385. The molecule has 0 atom stereocenters. The quantitative estimate of drug-likeness (QED) is 0.153. The Balaban J connectivity index is 3.32. The second-order valence-corrected chi connectivity index (χ2v) is 4.23. The lowest BCUT2D eigenvalue weighted by Crippen LogP contribution is -2.13. The number of nitro benzene ring substituents is 1. The van der Waals surface area contributed by atoms with Crippen molar-refractivity contribution in [3.05, 3.63) is 50.7 Å².